The van der Waals surface area contributed by atoms with Crippen molar-refractivity contribution in [1.82, 2.24) is 0 Å². The summed E-state index contributed by atoms with van der Waals surface area (Å²) in [5, 5.41) is 0. The van der Waals surface area contributed by atoms with Crippen molar-refractivity contribution in [2.24, 2.45) is 0 Å². The van der Waals surface area contributed by atoms with Gasteiger partial charge in [0, 0.05) is 3.57 Å². The van der Waals surface area contributed by atoms with Gasteiger partial charge in [-0.3, -0.25) is 0 Å². The predicted molar refractivity (Wildman–Crippen MR) is 47.0 cm³/mol. The molecule has 1 radical (unpaired) electrons. The van der Waals surface area contributed by atoms with Crippen molar-refractivity contribution < 1.29 is 13.0 Å². The first-order valence-electron chi connectivity index (χ1n) is 2.72. The summed E-state index contributed by atoms with van der Waals surface area (Å²) in [4.78, 5) is -0.152. The molecule has 11 heavy (non-hydrogen) atoms. The largest absolute Gasteiger partial charge is 0.325 e. The highest BCUT2D eigenvalue weighted by Crippen LogP contribution is 2.16. The van der Waals surface area contributed by atoms with Gasteiger partial charge in [0.1, 0.15) is 4.90 Å². The van der Waals surface area contributed by atoms with Gasteiger partial charge >= 0.3 is 10.1 Å². The molecular formula is C6H4IO3S. The van der Waals surface area contributed by atoms with Crippen LogP contribution in [-0.2, 0) is 14.7 Å². The summed E-state index contributed by atoms with van der Waals surface area (Å²) < 4.78 is 31.9. The third kappa shape index (κ3) is 2.14. The van der Waals surface area contributed by atoms with Gasteiger partial charge in [-0.1, -0.05) is 16.7 Å². The van der Waals surface area contributed by atoms with E-state index in [1.807, 2.05) is 0 Å². The van der Waals surface area contributed by atoms with Crippen molar-refractivity contribution in [3.8, 4) is 0 Å². The molecule has 0 saturated heterocycles. The van der Waals surface area contributed by atoms with Crippen molar-refractivity contribution >= 4 is 32.7 Å². The minimum absolute atomic E-state index is 0.152. The fraction of sp³-hybridized carbons (Fsp3) is 0. The lowest BCUT2D eigenvalue weighted by molar-refractivity contribution is 0.414. The molecule has 0 unspecified atom stereocenters. The van der Waals surface area contributed by atoms with Crippen LogP contribution in [0.3, 0.4) is 0 Å². The quantitative estimate of drug-likeness (QED) is 0.732. The summed E-state index contributed by atoms with van der Waals surface area (Å²) in [6, 6.07) is 6.07. The first-order valence-corrected chi connectivity index (χ1v) is 5.21. The molecule has 1 rings (SSSR count). The van der Waals surface area contributed by atoms with E-state index in [0.29, 0.717) is 3.57 Å². The maximum absolute atomic E-state index is 10.5. The van der Waals surface area contributed by atoms with E-state index in [2.05, 4.69) is 0 Å². The summed E-state index contributed by atoms with van der Waals surface area (Å²) in [5.41, 5.74) is 0. The Morgan fingerprint density at radius 1 is 1.18 bits per heavy atom. The van der Waals surface area contributed by atoms with E-state index in [4.69, 9.17) is 0 Å². The van der Waals surface area contributed by atoms with Gasteiger partial charge in [-0.05, 0) is 34.7 Å². The normalized spacial score (nSPS) is 11.5. The molecule has 0 aliphatic rings. The molecule has 59 valence electrons. The molecule has 0 aliphatic carbocycles. The molecule has 0 aliphatic heterocycles. The third-order valence-corrected chi connectivity index (χ3v) is 3.31. The van der Waals surface area contributed by atoms with E-state index in [0.717, 1.165) is 0 Å². The van der Waals surface area contributed by atoms with Crippen LogP contribution >= 0.6 is 22.6 Å². The second kappa shape index (κ2) is 3.08. The number of halogens is 1. The van der Waals surface area contributed by atoms with Crippen LogP contribution in [0.5, 0.6) is 0 Å². The fourth-order valence-electron chi connectivity index (χ4n) is 0.647. The third-order valence-electron chi connectivity index (χ3n) is 1.11. The van der Waals surface area contributed by atoms with Crippen LogP contribution in [-0.4, -0.2) is 8.42 Å². The Bertz CT molecular complexity index is 358. The Morgan fingerprint density at radius 3 is 2.09 bits per heavy atom. The highest BCUT2D eigenvalue weighted by molar-refractivity contribution is 14.1. The Kier molecular flexibility index (Phi) is 2.50. The molecule has 0 spiro atoms. The van der Waals surface area contributed by atoms with E-state index in [-0.39, 0.29) is 4.90 Å². The summed E-state index contributed by atoms with van der Waals surface area (Å²) >= 11 is 1.81. The van der Waals surface area contributed by atoms with Crippen molar-refractivity contribution in [3.63, 3.8) is 0 Å². The molecular weight excluding hydrogens is 279 g/mol. The minimum atomic E-state index is -4.29. The summed E-state index contributed by atoms with van der Waals surface area (Å²) in [6.45, 7) is 0. The molecule has 1 aromatic carbocycles. The molecule has 0 bridgehead atoms. The minimum Gasteiger partial charge on any atom is -0.191 e. The van der Waals surface area contributed by atoms with Crippen LogP contribution in [0.4, 0.5) is 0 Å². The fourth-order valence-corrected chi connectivity index (χ4v) is 2.40. The lowest BCUT2D eigenvalue weighted by atomic mass is 10.4. The zero-order valence-corrected chi connectivity index (χ0v) is 8.29. The van der Waals surface area contributed by atoms with E-state index in [1.165, 1.54) is 12.1 Å². The topological polar surface area (TPSA) is 54.0 Å². The Balaban J connectivity index is 3.37. The molecule has 0 atom stereocenters. The van der Waals surface area contributed by atoms with Gasteiger partial charge in [-0.2, -0.15) is 8.42 Å². The predicted octanol–water partition coefficient (Wildman–Crippen LogP) is 1.41. The lowest BCUT2D eigenvalue weighted by Crippen LogP contribution is -1.97. The van der Waals surface area contributed by atoms with Gasteiger partial charge in [-0.25, -0.2) is 0 Å². The van der Waals surface area contributed by atoms with Crippen molar-refractivity contribution in [1.29, 1.82) is 0 Å². The van der Waals surface area contributed by atoms with E-state index < -0.39 is 10.1 Å². The van der Waals surface area contributed by atoms with Crippen LogP contribution in [0.25, 0.3) is 0 Å². The average Bonchev–Trinajstić information content (AvgIpc) is 1.86. The molecule has 0 saturated carbocycles. The first-order chi connectivity index (χ1) is 5.02. The lowest BCUT2D eigenvalue weighted by Gasteiger charge is -1.95. The summed E-state index contributed by atoms with van der Waals surface area (Å²) in [7, 11) is -4.29. The summed E-state index contributed by atoms with van der Waals surface area (Å²) in [6.07, 6.45) is 0. The van der Waals surface area contributed by atoms with Crippen LogP contribution in [0.2, 0.25) is 0 Å². The zero-order chi connectivity index (χ0) is 8.48. The maximum Gasteiger partial charge on any atom is 0.325 e. The zero-order valence-electron chi connectivity index (χ0n) is 5.32. The molecule has 0 amide bonds. The molecule has 5 heteroatoms. The first kappa shape index (κ1) is 8.95. The van der Waals surface area contributed by atoms with Gasteiger partial charge < -0.3 is 0 Å². The number of hydrogen-bond acceptors (Lipinski definition) is 2. The van der Waals surface area contributed by atoms with Crippen LogP contribution in [0.15, 0.2) is 29.2 Å². The van der Waals surface area contributed by atoms with E-state index >= 15 is 0 Å². The highest BCUT2D eigenvalue weighted by Gasteiger charge is 2.13. The molecule has 1 aromatic rings. The van der Waals surface area contributed by atoms with Crippen LogP contribution in [0.1, 0.15) is 0 Å². The van der Waals surface area contributed by atoms with Crippen LogP contribution in [0, 0.1) is 3.57 Å². The van der Waals surface area contributed by atoms with E-state index in [1.54, 1.807) is 34.7 Å². The molecule has 0 aromatic heterocycles. The second-order valence-electron chi connectivity index (χ2n) is 1.88. The van der Waals surface area contributed by atoms with E-state index in [9.17, 15) is 13.0 Å². The SMILES string of the molecule is [O]S(=O)(=O)c1ccccc1I. The number of benzene rings is 1. The molecule has 3 nitrogen and oxygen atoms in total. The van der Waals surface area contributed by atoms with Crippen molar-refractivity contribution in [2.45, 2.75) is 4.90 Å². The maximum atomic E-state index is 10.5. The number of rotatable bonds is 1. The van der Waals surface area contributed by atoms with Crippen molar-refractivity contribution in [2.75, 3.05) is 0 Å². The van der Waals surface area contributed by atoms with Crippen molar-refractivity contribution in [3.05, 3.63) is 27.8 Å². The molecule has 0 fully saturated rings. The molecule has 0 heterocycles. The van der Waals surface area contributed by atoms with Gasteiger partial charge in [0.25, 0.3) is 0 Å². The smallest absolute Gasteiger partial charge is 0.191 e. The highest BCUT2D eigenvalue weighted by atomic mass is 127. The Hall–Kier alpha value is -0.140. The van der Waals surface area contributed by atoms with Gasteiger partial charge in [0.2, 0.25) is 0 Å². The van der Waals surface area contributed by atoms with Gasteiger partial charge in [0.05, 0.1) is 0 Å². The second-order valence-corrected chi connectivity index (χ2v) is 4.39. The van der Waals surface area contributed by atoms with Gasteiger partial charge in [0.15, 0.2) is 0 Å². The Morgan fingerprint density at radius 2 is 1.73 bits per heavy atom. The average molecular weight is 283 g/mol. The number of hydrogen-bond donors (Lipinski definition) is 0. The Labute approximate surface area is 78.3 Å². The van der Waals surface area contributed by atoms with Gasteiger partial charge in [-0.15, -0.1) is 0 Å². The molecule has 0 N–H and O–H groups in total. The summed E-state index contributed by atoms with van der Waals surface area (Å²) in [5.74, 6) is 0. The van der Waals surface area contributed by atoms with Crippen LogP contribution < -0.4 is 0 Å². The standard InChI is InChI=1S/C6H4IO3S/c7-5-3-1-2-4-6(5)11(8,9)10/h1-4H. The monoisotopic (exact) mass is 283 g/mol.